The van der Waals surface area contributed by atoms with E-state index in [4.69, 9.17) is 9.47 Å². The summed E-state index contributed by atoms with van der Waals surface area (Å²) in [6.45, 7) is -0.257. The number of carbonyl (C=O) groups excluding carboxylic acids is 1. The fourth-order valence-corrected chi connectivity index (χ4v) is 1.75. The number of rotatable bonds is 7. The molecule has 1 amide bonds. The van der Waals surface area contributed by atoms with Crippen molar-refractivity contribution in [1.29, 1.82) is 0 Å². The molecule has 124 valence electrons. The van der Waals surface area contributed by atoms with Crippen molar-refractivity contribution >= 4 is 17.8 Å². The SMILES string of the molecule is COc1cccc(/C=N\NC(=O)COc2ccc([N+](=O)[O-])cc2)c1. The topological polar surface area (TPSA) is 103 Å². The van der Waals surface area contributed by atoms with Crippen LogP contribution in [-0.2, 0) is 4.79 Å². The summed E-state index contributed by atoms with van der Waals surface area (Å²) in [6, 6.07) is 12.6. The van der Waals surface area contributed by atoms with E-state index in [9.17, 15) is 14.9 Å². The quantitative estimate of drug-likeness (QED) is 0.476. The van der Waals surface area contributed by atoms with E-state index in [0.29, 0.717) is 11.5 Å². The van der Waals surface area contributed by atoms with Crippen LogP contribution in [0.3, 0.4) is 0 Å². The predicted octanol–water partition coefficient (Wildman–Crippen LogP) is 2.13. The first-order valence-corrected chi connectivity index (χ1v) is 6.91. The molecule has 0 aliphatic rings. The summed E-state index contributed by atoms with van der Waals surface area (Å²) in [7, 11) is 1.56. The predicted molar refractivity (Wildman–Crippen MR) is 87.3 cm³/mol. The third kappa shape index (κ3) is 5.09. The van der Waals surface area contributed by atoms with E-state index in [0.717, 1.165) is 5.56 Å². The zero-order chi connectivity index (χ0) is 17.4. The Kier molecular flexibility index (Phi) is 5.84. The first-order valence-electron chi connectivity index (χ1n) is 6.91. The fourth-order valence-electron chi connectivity index (χ4n) is 1.75. The molecular formula is C16H15N3O5. The molecule has 0 aliphatic heterocycles. The summed E-state index contributed by atoms with van der Waals surface area (Å²) in [5.74, 6) is 0.590. The van der Waals surface area contributed by atoms with Gasteiger partial charge in [0.2, 0.25) is 0 Å². The Morgan fingerprint density at radius 3 is 2.67 bits per heavy atom. The molecule has 0 heterocycles. The van der Waals surface area contributed by atoms with Crippen LogP contribution in [0.2, 0.25) is 0 Å². The molecule has 1 N–H and O–H groups in total. The van der Waals surface area contributed by atoms with Gasteiger partial charge in [-0.25, -0.2) is 5.43 Å². The van der Waals surface area contributed by atoms with E-state index in [1.807, 2.05) is 6.07 Å². The molecule has 0 atom stereocenters. The number of hydrogen-bond donors (Lipinski definition) is 1. The van der Waals surface area contributed by atoms with E-state index in [-0.39, 0.29) is 12.3 Å². The third-order valence-electron chi connectivity index (χ3n) is 2.91. The van der Waals surface area contributed by atoms with Crippen LogP contribution in [0, 0.1) is 10.1 Å². The van der Waals surface area contributed by atoms with E-state index in [2.05, 4.69) is 10.5 Å². The number of hydrazone groups is 1. The fraction of sp³-hybridized carbons (Fsp3) is 0.125. The smallest absolute Gasteiger partial charge is 0.277 e. The number of amides is 1. The lowest BCUT2D eigenvalue weighted by molar-refractivity contribution is -0.384. The van der Waals surface area contributed by atoms with Crippen LogP contribution in [0.1, 0.15) is 5.56 Å². The summed E-state index contributed by atoms with van der Waals surface area (Å²) >= 11 is 0. The lowest BCUT2D eigenvalue weighted by Crippen LogP contribution is -2.24. The maximum atomic E-state index is 11.6. The normalized spacial score (nSPS) is 10.4. The van der Waals surface area contributed by atoms with Gasteiger partial charge in [-0.1, -0.05) is 12.1 Å². The second-order valence-electron chi connectivity index (χ2n) is 4.61. The molecule has 0 spiro atoms. The number of benzene rings is 2. The van der Waals surface area contributed by atoms with Gasteiger partial charge in [-0.3, -0.25) is 14.9 Å². The van der Waals surface area contributed by atoms with Gasteiger partial charge in [0.15, 0.2) is 6.61 Å². The minimum Gasteiger partial charge on any atom is -0.497 e. The minimum atomic E-state index is -0.510. The van der Waals surface area contributed by atoms with Gasteiger partial charge in [0.25, 0.3) is 11.6 Å². The number of nitro benzene ring substituents is 1. The molecular weight excluding hydrogens is 314 g/mol. The summed E-state index contributed by atoms with van der Waals surface area (Å²) in [4.78, 5) is 21.6. The highest BCUT2D eigenvalue weighted by molar-refractivity contribution is 5.83. The van der Waals surface area contributed by atoms with E-state index < -0.39 is 10.8 Å². The monoisotopic (exact) mass is 329 g/mol. The van der Waals surface area contributed by atoms with Crippen LogP contribution in [0.15, 0.2) is 53.6 Å². The van der Waals surface area contributed by atoms with Gasteiger partial charge in [0.1, 0.15) is 11.5 Å². The number of nitrogens with one attached hydrogen (secondary N) is 1. The molecule has 2 aromatic rings. The molecule has 0 bridgehead atoms. The van der Waals surface area contributed by atoms with Crippen LogP contribution < -0.4 is 14.9 Å². The van der Waals surface area contributed by atoms with Crippen molar-refractivity contribution in [2.75, 3.05) is 13.7 Å². The Morgan fingerprint density at radius 2 is 2.00 bits per heavy atom. The lowest BCUT2D eigenvalue weighted by atomic mass is 10.2. The number of nitrogens with zero attached hydrogens (tertiary/aromatic N) is 2. The summed E-state index contributed by atoms with van der Waals surface area (Å²) in [6.07, 6.45) is 1.48. The molecule has 8 heteroatoms. The first kappa shape index (κ1) is 16.9. The zero-order valence-electron chi connectivity index (χ0n) is 12.8. The molecule has 24 heavy (non-hydrogen) atoms. The summed E-state index contributed by atoms with van der Waals surface area (Å²) in [5, 5.41) is 14.3. The van der Waals surface area contributed by atoms with Gasteiger partial charge in [0.05, 0.1) is 18.2 Å². The number of hydrogen-bond acceptors (Lipinski definition) is 6. The molecule has 0 aliphatic carbocycles. The second kappa shape index (κ2) is 8.28. The number of methoxy groups -OCH3 is 1. The average molecular weight is 329 g/mol. The number of nitro groups is 1. The third-order valence-corrected chi connectivity index (χ3v) is 2.91. The van der Waals surface area contributed by atoms with Crippen LogP contribution in [0.25, 0.3) is 0 Å². The van der Waals surface area contributed by atoms with Crippen molar-refractivity contribution in [2.45, 2.75) is 0 Å². The number of ether oxygens (including phenoxy) is 2. The Morgan fingerprint density at radius 1 is 1.25 bits per heavy atom. The highest BCUT2D eigenvalue weighted by Crippen LogP contribution is 2.17. The molecule has 0 unspecified atom stereocenters. The van der Waals surface area contributed by atoms with E-state index in [1.54, 1.807) is 25.3 Å². The van der Waals surface area contributed by atoms with Crippen LogP contribution in [0.4, 0.5) is 5.69 Å². The Hall–Kier alpha value is -3.42. The van der Waals surface area contributed by atoms with Crippen LogP contribution in [-0.4, -0.2) is 30.8 Å². The molecule has 0 fully saturated rings. The van der Waals surface area contributed by atoms with Crippen molar-refractivity contribution < 1.29 is 19.2 Å². The van der Waals surface area contributed by atoms with Crippen molar-refractivity contribution in [3.8, 4) is 11.5 Å². The molecule has 0 aromatic heterocycles. The largest absolute Gasteiger partial charge is 0.497 e. The molecule has 8 nitrogen and oxygen atoms in total. The van der Waals surface area contributed by atoms with Crippen LogP contribution in [0.5, 0.6) is 11.5 Å². The molecule has 2 aromatic carbocycles. The number of carbonyl (C=O) groups is 1. The van der Waals surface area contributed by atoms with Crippen molar-refractivity contribution in [3.63, 3.8) is 0 Å². The Bertz CT molecular complexity index is 744. The first-order chi connectivity index (χ1) is 11.6. The van der Waals surface area contributed by atoms with Crippen molar-refractivity contribution in [2.24, 2.45) is 5.10 Å². The Labute approximate surface area is 137 Å². The van der Waals surface area contributed by atoms with Gasteiger partial charge >= 0.3 is 0 Å². The van der Waals surface area contributed by atoms with Gasteiger partial charge in [0, 0.05) is 12.1 Å². The standard InChI is InChI=1S/C16H15N3O5/c1-23-15-4-2-3-12(9-15)10-17-18-16(20)11-24-14-7-5-13(6-8-14)19(21)22/h2-10H,11H2,1H3,(H,18,20)/b17-10-. The molecule has 0 saturated heterocycles. The zero-order valence-corrected chi connectivity index (χ0v) is 12.8. The highest BCUT2D eigenvalue weighted by atomic mass is 16.6. The number of non-ortho nitro benzene ring substituents is 1. The van der Waals surface area contributed by atoms with Gasteiger partial charge in [-0.15, -0.1) is 0 Å². The lowest BCUT2D eigenvalue weighted by Gasteiger charge is -2.04. The second-order valence-corrected chi connectivity index (χ2v) is 4.61. The summed E-state index contributed by atoms with van der Waals surface area (Å²) < 4.78 is 10.3. The van der Waals surface area contributed by atoms with E-state index >= 15 is 0 Å². The highest BCUT2D eigenvalue weighted by Gasteiger charge is 2.06. The van der Waals surface area contributed by atoms with Crippen molar-refractivity contribution in [3.05, 3.63) is 64.2 Å². The molecule has 2 rings (SSSR count). The summed E-state index contributed by atoms with van der Waals surface area (Å²) in [5.41, 5.74) is 3.05. The molecule has 0 radical (unpaired) electrons. The maximum absolute atomic E-state index is 11.6. The molecule has 0 saturated carbocycles. The van der Waals surface area contributed by atoms with Crippen molar-refractivity contribution in [1.82, 2.24) is 5.43 Å². The average Bonchev–Trinajstić information content (AvgIpc) is 2.60. The maximum Gasteiger partial charge on any atom is 0.277 e. The van der Waals surface area contributed by atoms with E-state index in [1.165, 1.54) is 30.5 Å². The Balaban J connectivity index is 1.80. The van der Waals surface area contributed by atoms with Crippen LogP contribution >= 0.6 is 0 Å². The van der Waals surface area contributed by atoms with Gasteiger partial charge in [-0.2, -0.15) is 5.10 Å². The van der Waals surface area contributed by atoms with Gasteiger partial charge in [-0.05, 0) is 29.8 Å². The van der Waals surface area contributed by atoms with Gasteiger partial charge < -0.3 is 9.47 Å². The minimum absolute atomic E-state index is 0.0466.